The summed E-state index contributed by atoms with van der Waals surface area (Å²) in [5.74, 6) is 0.489. The number of nitrogens with two attached hydrogens (primary N) is 1. The van der Waals surface area contributed by atoms with E-state index in [1.807, 2.05) is 13.8 Å². The summed E-state index contributed by atoms with van der Waals surface area (Å²) in [5.41, 5.74) is 8.05. The van der Waals surface area contributed by atoms with Crippen LogP contribution in [0.25, 0.3) is 22.7 Å². The number of nitrogen functional groups attached to an aromatic ring is 1. The third-order valence-electron chi connectivity index (χ3n) is 3.94. The molecule has 10 heteroatoms. The van der Waals surface area contributed by atoms with Gasteiger partial charge in [-0.05, 0) is 12.1 Å². The molecule has 4 rings (SSSR count). The highest BCUT2D eigenvalue weighted by molar-refractivity contribution is 5.83. The number of fused-ring (bicyclic) bond motifs is 1. The Morgan fingerprint density at radius 2 is 2.04 bits per heavy atom. The molecule has 0 aliphatic heterocycles. The predicted octanol–water partition coefficient (Wildman–Crippen LogP) is 1.000. The van der Waals surface area contributed by atoms with Gasteiger partial charge in [0.15, 0.2) is 17.3 Å². The number of aryl methyl sites for hydroxylation is 1. The molecule has 0 aliphatic rings. The van der Waals surface area contributed by atoms with Crippen LogP contribution in [0.2, 0.25) is 0 Å². The summed E-state index contributed by atoms with van der Waals surface area (Å²) in [6, 6.07) is 6.99. The summed E-state index contributed by atoms with van der Waals surface area (Å²) in [6.07, 6.45) is 1.57. The standard InChI is InChI=1S/C15H14N8O2.C2H6/c1-8-3-2-4-9(23(8)25)7-22-14-11(18-15(22)24)12(16)19-13(20-14)10-5-6-17-21-10;1-2/h2-6H,7H2,1H3,(H4-,16,17,18,19,20,21,24,25);1-2H3/p+1. The van der Waals surface area contributed by atoms with Crippen LogP contribution in [0.1, 0.15) is 25.2 Å². The molecule has 4 aromatic rings. The molecular formula is C17H21N8O2+. The van der Waals surface area contributed by atoms with Crippen LogP contribution in [-0.4, -0.2) is 34.9 Å². The van der Waals surface area contributed by atoms with E-state index in [9.17, 15) is 10.0 Å². The molecule has 10 nitrogen and oxygen atoms in total. The van der Waals surface area contributed by atoms with E-state index < -0.39 is 0 Å². The quantitative estimate of drug-likeness (QED) is 0.313. The number of imidazole rings is 1. The molecule has 5 N–H and O–H groups in total. The largest absolute Gasteiger partial charge is 0.382 e. The third kappa shape index (κ3) is 3.24. The zero-order valence-corrected chi connectivity index (χ0v) is 15.3. The summed E-state index contributed by atoms with van der Waals surface area (Å²) in [4.78, 5) is 23.6. The second-order valence-electron chi connectivity index (χ2n) is 5.59. The van der Waals surface area contributed by atoms with Crippen LogP contribution in [-0.2, 0) is 6.54 Å². The van der Waals surface area contributed by atoms with Crippen molar-refractivity contribution in [3.05, 3.63) is 52.3 Å². The maximum Gasteiger partial charge on any atom is 0.328 e. The van der Waals surface area contributed by atoms with Crippen LogP contribution in [0.4, 0.5) is 5.82 Å². The Morgan fingerprint density at radius 1 is 1.26 bits per heavy atom. The summed E-state index contributed by atoms with van der Waals surface area (Å²) in [6.45, 7) is 5.88. The van der Waals surface area contributed by atoms with Gasteiger partial charge < -0.3 is 10.7 Å². The smallest absolute Gasteiger partial charge is 0.328 e. The van der Waals surface area contributed by atoms with Crippen LogP contribution < -0.4 is 16.2 Å². The molecule has 140 valence electrons. The van der Waals surface area contributed by atoms with Gasteiger partial charge in [-0.2, -0.15) is 5.10 Å². The van der Waals surface area contributed by atoms with Gasteiger partial charge in [-0.15, -0.1) is 0 Å². The Bertz CT molecular complexity index is 1130. The number of aromatic amines is 2. The van der Waals surface area contributed by atoms with Crippen molar-refractivity contribution in [2.45, 2.75) is 27.3 Å². The molecular weight excluding hydrogens is 348 g/mol. The van der Waals surface area contributed by atoms with E-state index in [0.29, 0.717) is 34.1 Å². The van der Waals surface area contributed by atoms with Crippen LogP contribution in [0, 0.1) is 6.92 Å². The van der Waals surface area contributed by atoms with Gasteiger partial charge in [-0.3, -0.25) is 14.9 Å². The number of hydrogen-bond donors (Lipinski definition) is 4. The van der Waals surface area contributed by atoms with Crippen molar-refractivity contribution in [1.82, 2.24) is 29.7 Å². The fourth-order valence-corrected chi connectivity index (χ4v) is 2.65. The molecule has 0 aromatic carbocycles. The van der Waals surface area contributed by atoms with Crippen molar-refractivity contribution in [3.63, 3.8) is 0 Å². The second kappa shape index (κ2) is 7.28. The Morgan fingerprint density at radius 3 is 2.74 bits per heavy atom. The first-order valence-electron chi connectivity index (χ1n) is 8.50. The van der Waals surface area contributed by atoms with E-state index in [1.54, 1.807) is 37.4 Å². The van der Waals surface area contributed by atoms with E-state index in [4.69, 9.17) is 5.73 Å². The Labute approximate surface area is 154 Å². The van der Waals surface area contributed by atoms with Crippen molar-refractivity contribution in [2.75, 3.05) is 5.73 Å². The maximum atomic E-state index is 12.4. The lowest BCUT2D eigenvalue weighted by Gasteiger charge is -2.03. The molecule has 27 heavy (non-hydrogen) atoms. The average molecular weight is 369 g/mol. The molecule has 0 saturated carbocycles. The average Bonchev–Trinajstić information content (AvgIpc) is 3.30. The topological polar surface area (TPSA) is 142 Å². The second-order valence-corrected chi connectivity index (χ2v) is 5.59. The molecule has 0 bridgehead atoms. The number of anilines is 1. The third-order valence-corrected chi connectivity index (χ3v) is 3.94. The molecule has 0 spiro atoms. The highest BCUT2D eigenvalue weighted by atomic mass is 16.5. The van der Waals surface area contributed by atoms with E-state index in [0.717, 1.165) is 4.73 Å². The van der Waals surface area contributed by atoms with Gasteiger partial charge in [0.2, 0.25) is 5.69 Å². The van der Waals surface area contributed by atoms with Crippen LogP contribution in [0.3, 0.4) is 0 Å². The highest BCUT2D eigenvalue weighted by Gasteiger charge is 2.20. The number of H-pyrrole nitrogens is 2. The first-order chi connectivity index (χ1) is 13.0. The fourth-order valence-electron chi connectivity index (χ4n) is 2.65. The first-order valence-corrected chi connectivity index (χ1v) is 8.50. The van der Waals surface area contributed by atoms with E-state index in [2.05, 4.69) is 25.1 Å². The normalized spacial score (nSPS) is 10.6. The molecule has 0 aliphatic carbocycles. The molecule has 0 amide bonds. The highest BCUT2D eigenvalue weighted by Crippen LogP contribution is 2.19. The summed E-state index contributed by atoms with van der Waals surface area (Å²) in [5, 5.41) is 16.8. The molecule has 4 heterocycles. The maximum absolute atomic E-state index is 12.4. The Hall–Kier alpha value is -3.69. The van der Waals surface area contributed by atoms with Crippen LogP contribution in [0.15, 0.2) is 35.3 Å². The number of nitrogens with zero attached hydrogens (tertiary/aromatic N) is 5. The number of rotatable bonds is 3. The molecule has 0 unspecified atom stereocenters. The van der Waals surface area contributed by atoms with Crippen LogP contribution in [0.5, 0.6) is 0 Å². The minimum Gasteiger partial charge on any atom is -0.382 e. The van der Waals surface area contributed by atoms with Crippen molar-refractivity contribution in [3.8, 4) is 11.5 Å². The van der Waals surface area contributed by atoms with Crippen LogP contribution >= 0.6 is 0 Å². The lowest BCUT2D eigenvalue weighted by Crippen LogP contribution is -2.40. The lowest BCUT2D eigenvalue weighted by molar-refractivity contribution is -0.913. The zero-order chi connectivity index (χ0) is 19.6. The molecule has 0 fully saturated rings. The number of hydrogen-bond acceptors (Lipinski definition) is 6. The van der Waals surface area contributed by atoms with E-state index in [1.165, 1.54) is 4.57 Å². The van der Waals surface area contributed by atoms with Crippen molar-refractivity contribution in [2.24, 2.45) is 0 Å². The van der Waals surface area contributed by atoms with Gasteiger partial charge in [-0.1, -0.05) is 13.8 Å². The zero-order valence-electron chi connectivity index (χ0n) is 15.3. The molecule has 0 atom stereocenters. The summed E-state index contributed by atoms with van der Waals surface area (Å²) < 4.78 is 2.43. The van der Waals surface area contributed by atoms with Gasteiger partial charge in [0.05, 0.1) is 0 Å². The van der Waals surface area contributed by atoms with Gasteiger partial charge in [0.1, 0.15) is 17.8 Å². The Kier molecular flexibility index (Phi) is 4.88. The number of pyridine rings is 1. The molecule has 0 radical (unpaired) electrons. The summed E-state index contributed by atoms with van der Waals surface area (Å²) in [7, 11) is 0. The van der Waals surface area contributed by atoms with Crippen molar-refractivity contribution in [1.29, 1.82) is 0 Å². The SMILES string of the molecule is CC.Cc1cccc(Cn2c(=O)[nH]c3c(N)nc(-c4ccn[nH]4)nc32)[n+]1O. The number of aromatic nitrogens is 7. The van der Waals surface area contributed by atoms with Gasteiger partial charge in [0, 0.05) is 30.0 Å². The van der Waals surface area contributed by atoms with Crippen molar-refractivity contribution >= 4 is 17.0 Å². The first kappa shape index (κ1) is 18.1. The molecule has 4 aromatic heterocycles. The van der Waals surface area contributed by atoms with Gasteiger partial charge in [0.25, 0.3) is 5.69 Å². The molecule has 0 saturated heterocycles. The van der Waals surface area contributed by atoms with E-state index in [-0.39, 0.29) is 18.1 Å². The van der Waals surface area contributed by atoms with Crippen molar-refractivity contribution < 1.29 is 9.94 Å². The van der Waals surface area contributed by atoms with E-state index >= 15 is 0 Å². The minimum absolute atomic E-state index is 0.121. The lowest BCUT2D eigenvalue weighted by atomic mass is 10.3. The summed E-state index contributed by atoms with van der Waals surface area (Å²) >= 11 is 0. The minimum atomic E-state index is -0.390. The number of nitrogens with one attached hydrogen (secondary N) is 2. The fraction of sp³-hybridized carbons (Fsp3) is 0.235. The van der Waals surface area contributed by atoms with Gasteiger partial charge >= 0.3 is 5.69 Å². The van der Waals surface area contributed by atoms with Gasteiger partial charge in [-0.25, -0.2) is 14.8 Å². The monoisotopic (exact) mass is 369 g/mol. The Balaban J connectivity index is 0.00000102. The predicted molar refractivity (Wildman–Crippen MR) is 99.2 cm³/mol.